The van der Waals surface area contributed by atoms with Crippen LogP contribution < -0.4 is 4.72 Å². The second kappa shape index (κ2) is 8.37. The van der Waals surface area contributed by atoms with Crippen LogP contribution in [0.25, 0.3) is 0 Å². The lowest BCUT2D eigenvalue weighted by Crippen LogP contribution is -2.44. The molecule has 2 aromatic rings. The first kappa shape index (κ1) is 19.6. The summed E-state index contributed by atoms with van der Waals surface area (Å²) < 4.78 is 36.4. The lowest BCUT2D eigenvalue weighted by Gasteiger charge is -2.35. The smallest absolute Gasteiger partial charge is 0.240 e. The van der Waals surface area contributed by atoms with Crippen molar-refractivity contribution in [2.24, 2.45) is 7.05 Å². The Morgan fingerprint density at radius 2 is 1.86 bits per heavy atom. The van der Waals surface area contributed by atoms with Crippen LogP contribution in [0, 0.1) is 0 Å². The largest absolute Gasteiger partial charge is 0.379 e. The van der Waals surface area contributed by atoms with Gasteiger partial charge in [0.2, 0.25) is 10.0 Å². The van der Waals surface area contributed by atoms with Crippen molar-refractivity contribution < 1.29 is 13.2 Å². The van der Waals surface area contributed by atoms with Crippen LogP contribution in [0.2, 0.25) is 0 Å². The zero-order valence-corrected chi connectivity index (χ0v) is 17.2. The lowest BCUT2D eigenvalue weighted by atomic mass is 9.92. The standard InChI is InChI=1S/C21H29N3O3S/c1-23-10-4-7-20(23)21(24-11-13-27-14-12-24)16-22-28(25,26)19-9-8-17-5-2-3-6-18(17)15-19/h4,7-10,15,21-22H,2-3,5-6,11-14,16H2,1H3/t21-/m1/s1. The van der Waals surface area contributed by atoms with E-state index in [-0.39, 0.29) is 6.04 Å². The Morgan fingerprint density at radius 1 is 1.11 bits per heavy atom. The zero-order chi connectivity index (χ0) is 19.6. The van der Waals surface area contributed by atoms with Crippen molar-refractivity contribution in [2.45, 2.75) is 36.6 Å². The van der Waals surface area contributed by atoms with Crippen LogP contribution in [0.4, 0.5) is 0 Å². The normalized spacial score (nSPS) is 19.3. The molecule has 0 saturated carbocycles. The van der Waals surface area contributed by atoms with Crippen molar-refractivity contribution >= 4 is 10.0 Å². The Bertz CT molecular complexity index is 917. The van der Waals surface area contributed by atoms with Crippen LogP contribution in [0.15, 0.2) is 41.4 Å². The molecule has 1 aliphatic heterocycles. The molecule has 1 aromatic heterocycles. The van der Waals surface area contributed by atoms with Crippen LogP contribution >= 0.6 is 0 Å². The van der Waals surface area contributed by atoms with Crippen LogP contribution in [-0.4, -0.2) is 50.7 Å². The van der Waals surface area contributed by atoms with Crippen molar-refractivity contribution in [3.8, 4) is 0 Å². The Kier molecular flexibility index (Phi) is 5.87. The van der Waals surface area contributed by atoms with E-state index < -0.39 is 10.0 Å². The van der Waals surface area contributed by atoms with Gasteiger partial charge in [0.05, 0.1) is 24.2 Å². The quantitative estimate of drug-likeness (QED) is 0.804. The molecule has 4 rings (SSSR count). The van der Waals surface area contributed by atoms with E-state index in [1.807, 2.05) is 31.4 Å². The number of ether oxygens (including phenoxy) is 1. The summed E-state index contributed by atoms with van der Waals surface area (Å²) in [6.45, 7) is 3.31. The Labute approximate surface area is 167 Å². The molecule has 0 radical (unpaired) electrons. The number of aryl methyl sites for hydroxylation is 3. The fourth-order valence-corrected chi connectivity index (χ4v) is 5.37. The van der Waals surface area contributed by atoms with Crippen molar-refractivity contribution in [3.05, 3.63) is 53.3 Å². The predicted molar refractivity (Wildman–Crippen MR) is 109 cm³/mol. The first-order valence-corrected chi connectivity index (χ1v) is 11.6. The topological polar surface area (TPSA) is 63.6 Å². The van der Waals surface area contributed by atoms with Crippen molar-refractivity contribution in [1.82, 2.24) is 14.2 Å². The number of nitrogens with one attached hydrogen (secondary N) is 1. The second-order valence-corrected chi connectivity index (χ2v) is 9.46. The summed E-state index contributed by atoms with van der Waals surface area (Å²) in [5, 5.41) is 0. The van der Waals surface area contributed by atoms with Gasteiger partial charge in [-0.2, -0.15) is 0 Å². The molecule has 1 fully saturated rings. The minimum Gasteiger partial charge on any atom is -0.379 e. The van der Waals surface area contributed by atoms with E-state index >= 15 is 0 Å². The monoisotopic (exact) mass is 403 g/mol. The number of benzene rings is 1. The minimum absolute atomic E-state index is 0.0173. The van der Waals surface area contributed by atoms with Gasteiger partial charge in [-0.15, -0.1) is 0 Å². The van der Waals surface area contributed by atoms with Crippen LogP contribution in [0.5, 0.6) is 0 Å². The van der Waals surface area contributed by atoms with Gasteiger partial charge < -0.3 is 9.30 Å². The van der Waals surface area contributed by atoms with Gasteiger partial charge in [0.15, 0.2) is 0 Å². The molecule has 1 N–H and O–H groups in total. The SMILES string of the molecule is Cn1cccc1[C@@H](CNS(=O)(=O)c1ccc2c(c1)CCCC2)N1CCOCC1. The Hall–Kier alpha value is -1.67. The average molecular weight is 404 g/mol. The third kappa shape index (κ3) is 4.17. The van der Waals surface area contributed by atoms with Crippen molar-refractivity contribution in [3.63, 3.8) is 0 Å². The summed E-state index contributed by atoms with van der Waals surface area (Å²) >= 11 is 0. The summed E-state index contributed by atoms with van der Waals surface area (Å²) in [4.78, 5) is 2.68. The Morgan fingerprint density at radius 3 is 2.57 bits per heavy atom. The van der Waals surface area contributed by atoms with Gasteiger partial charge in [-0.25, -0.2) is 13.1 Å². The molecule has 1 atom stereocenters. The molecule has 6 nitrogen and oxygen atoms in total. The summed E-state index contributed by atoms with van der Waals surface area (Å²) in [6.07, 6.45) is 6.35. The van der Waals surface area contributed by atoms with Gasteiger partial charge in [0.1, 0.15) is 0 Å². The highest BCUT2D eigenvalue weighted by molar-refractivity contribution is 7.89. The molecule has 28 heavy (non-hydrogen) atoms. The molecule has 0 unspecified atom stereocenters. The number of hydrogen-bond acceptors (Lipinski definition) is 4. The van der Waals surface area contributed by atoms with E-state index in [2.05, 4.69) is 20.3 Å². The average Bonchev–Trinajstić information content (AvgIpc) is 3.14. The van der Waals surface area contributed by atoms with E-state index in [1.165, 1.54) is 17.5 Å². The van der Waals surface area contributed by atoms with Gasteiger partial charge in [-0.1, -0.05) is 6.07 Å². The minimum atomic E-state index is -3.55. The number of fused-ring (bicyclic) bond motifs is 1. The molecule has 152 valence electrons. The predicted octanol–water partition coefficient (Wildman–Crippen LogP) is 2.26. The van der Waals surface area contributed by atoms with Gasteiger partial charge in [0, 0.05) is 38.6 Å². The molecule has 0 bridgehead atoms. The summed E-state index contributed by atoms with van der Waals surface area (Å²) in [6, 6.07) is 9.65. The molecule has 2 aliphatic rings. The maximum absolute atomic E-state index is 13.0. The van der Waals surface area contributed by atoms with Crippen molar-refractivity contribution in [2.75, 3.05) is 32.8 Å². The maximum atomic E-state index is 13.0. The second-order valence-electron chi connectivity index (χ2n) is 7.70. The molecule has 7 heteroatoms. The molecule has 1 aromatic carbocycles. The number of nitrogens with zero attached hydrogens (tertiary/aromatic N) is 2. The molecular formula is C21H29N3O3S. The molecule has 2 heterocycles. The number of hydrogen-bond donors (Lipinski definition) is 1. The molecular weight excluding hydrogens is 374 g/mol. The van der Waals surface area contributed by atoms with E-state index in [4.69, 9.17) is 4.74 Å². The number of sulfonamides is 1. The van der Waals surface area contributed by atoms with Gasteiger partial charge in [-0.05, 0) is 61.1 Å². The molecule has 0 amide bonds. The van der Waals surface area contributed by atoms with E-state index in [9.17, 15) is 8.42 Å². The molecule has 1 saturated heterocycles. The van der Waals surface area contributed by atoms with E-state index in [1.54, 1.807) is 6.07 Å². The zero-order valence-electron chi connectivity index (χ0n) is 16.4. The number of morpholine rings is 1. The van der Waals surface area contributed by atoms with Gasteiger partial charge in [-0.3, -0.25) is 4.90 Å². The number of aromatic nitrogens is 1. The van der Waals surface area contributed by atoms with Gasteiger partial charge >= 0.3 is 0 Å². The highest BCUT2D eigenvalue weighted by Gasteiger charge is 2.27. The summed E-state index contributed by atoms with van der Waals surface area (Å²) in [5.41, 5.74) is 3.58. The fraction of sp³-hybridized carbons (Fsp3) is 0.524. The number of rotatable bonds is 6. The summed E-state index contributed by atoms with van der Waals surface area (Å²) in [5.74, 6) is 0. The molecule has 0 spiro atoms. The van der Waals surface area contributed by atoms with Crippen LogP contribution in [-0.2, 0) is 34.6 Å². The van der Waals surface area contributed by atoms with Crippen LogP contribution in [0.3, 0.4) is 0 Å². The first-order valence-electron chi connectivity index (χ1n) is 10.1. The van der Waals surface area contributed by atoms with Crippen molar-refractivity contribution in [1.29, 1.82) is 0 Å². The van der Waals surface area contributed by atoms with Gasteiger partial charge in [0.25, 0.3) is 0 Å². The third-order valence-electron chi connectivity index (χ3n) is 5.91. The third-order valence-corrected chi connectivity index (χ3v) is 7.33. The fourth-order valence-electron chi connectivity index (χ4n) is 4.28. The van der Waals surface area contributed by atoms with Crippen LogP contribution in [0.1, 0.15) is 35.7 Å². The summed E-state index contributed by atoms with van der Waals surface area (Å²) in [7, 11) is -1.55. The first-order chi connectivity index (χ1) is 13.5. The Balaban J connectivity index is 1.53. The highest BCUT2D eigenvalue weighted by atomic mass is 32.2. The highest BCUT2D eigenvalue weighted by Crippen LogP contribution is 2.25. The van der Waals surface area contributed by atoms with E-state index in [0.717, 1.165) is 38.0 Å². The van der Waals surface area contributed by atoms with E-state index in [0.29, 0.717) is 24.7 Å². The maximum Gasteiger partial charge on any atom is 0.240 e. The molecule has 1 aliphatic carbocycles. The lowest BCUT2D eigenvalue weighted by molar-refractivity contribution is 0.0158.